The van der Waals surface area contributed by atoms with E-state index in [2.05, 4.69) is 30.0 Å². The van der Waals surface area contributed by atoms with E-state index in [0.717, 1.165) is 38.2 Å². The number of hydrogen-bond acceptors (Lipinski definition) is 3. The molecule has 0 bridgehead atoms. The lowest BCUT2D eigenvalue weighted by Crippen LogP contribution is -2.39. The van der Waals surface area contributed by atoms with E-state index >= 15 is 0 Å². The zero-order valence-electron chi connectivity index (χ0n) is 11.6. The van der Waals surface area contributed by atoms with Crippen molar-refractivity contribution in [3.05, 3.63) is 35.4 Å². The van der Waals surface area contributed by atoms with E-state index in [0.29, 0.717) is 6.10 Å². The SMILES string of the molecule is CCCOC1CCCN(Cc2ccc(C#N)cc2)C1. The van der Waals surface area contributed by atoms with Gasteiger partial charge in [0.05, 0.1) is 17.7 Å². The van der Waals surface area contributed by atoms with Gasteiger partial charge in [-0.1, -0.05) is 19.1 Å². The average molecular weight is 258 g/mol. The van der Waals surface area contributed by atoms with Crippen molar-refractivity contribution >= 4 is 0 Å². The van der Waals surface area contributed by atoms with Crippen molar-refractivity contribution in [3.63, 3.8) is 0 Å². The van der Waals surface area contributed by atoms with Gasteiger partial charge >= 0.3 is 0 Å². The molecule has 1 aliphatic rings. The predicted octanol–water partition coefficient (Wildman–Crippen LogP) is 2.95. The van der Waals surface area contributed by atoms with Crippen LogP contribution in [0, 0.1) is 11.3 Å². The van der Waals surface area contributed by atoms with Crippen molar-refractivity contribution in [1.29, 1.82) is 5.26 Å². The van der Waals surface area contributed by atoms with Crippen molar-refractivity contribution in [2.75, 3.05) is 19.7 Å². The Morgan fingerprint density at radius 1 is 1.37 bits per heavy atom. The minimum atomic E-state index is 0.395. The number of likely N-dealkylation sites (tertiary alicyclic amines) is 1. The van der Waals surface area contributed by atoms with Gasteiger partial charge in [-0.2, -0.15) is 5.26 Å². The fourth-order valence-corrected chi connectivity index (χ4v) is 2.52. The molecule has 19 heavy (non-hydrogen) atoms. The molecular weight excluding hydrogens is 236 g/mol. The molecule has 1 fully saturated rings. The van der Waals surface area contributed by atoms with Crippen LogP contribution in [-0.2, 0) is 11.3 Å². The molecule has 1 unspecified atom stereocenters. The third-order valence-corrected chi connectivity index (χ3v) is 3.51. The quantitative estimate of drug-likeness (QED) is 0.814. The van der Waals surface area contributed by atoms with Gasteiger partial charge in [-0.15, -0.1) is 0 Å². The van der Waals surface area contributed by atoms with Crippen LogP contribution < -0.4 is 0 Å². The Bertz CT molecular complexity index is 421. The molecule has 102 valence electrons. The minimum absolute atomic E-state index is 0.395. The zero-order valence-corrected chi connectivity index (χ0v) is 11.6. The molecular formula is C16H22N2O. The van der Waals surface area contributed by atoms with E-state index in [-0.39, 0.29) is 0 Å². The van der Waals surface area contributed by atoms with E-state index in [4.69, 9.17) is 10.00 Å². The van der Waals surface area contributed by atoms with Gasteiger partial charge in [0, 0.05) is 19.7 Å². The molecule has 1 aliphatic heterocycles. The van der Waals surface area contributed by atoms with E-state index in [1.165, 1.54) is 18.4 Å². The van der Waals surface area contributed by atoms with Crippen molar-refractivity contribution in [1.82, 2.24) is 4.90 Å². The van der Waals surface area contributed by atoms with Crippen LogP contribution in [0.3, 0.4) is 0 Å². The molecule has 0 saturated carbocycles. The first-order valence-electron chi connectivity index (χ1n) is 7.15. The fraction of sp³-hybridized carbons (Fsp3) is 0.562. The Morgan fingerprint density at radius 3 is 2.84 bits per heavy atom. The molecule has 1 saturated heterocycles. The number of nitriles is 1. The second-order valence-corrected chi connectivity index (χ2v) is 5.18. The van der Waals surface area contributed by atoms with Gasteiger partial charge in [-0.25, -0.2) is 0 Å². The Balaban J connectivity index is 1.85. The predicted molar refractivity (Wildman–Crippen MR) is 75.7 cm³/mol. The summed E-state index contributed by atoms with van der Waals surface area (Å²) in [5, 5.41) is 8.79. The highest BCUT2D eigenvalue weighted by molar-refractivity contribution is 5.31. The number of hydrogen-bond donors (Lipinski definition) is 0. The summed E-state index contributed by atoms with van der Waals surface area (Å²) in [6.45, 7) is 6.15. The summed E-state index contributed by atoms with van der Waals surface area (Å²) in [7, 11) is 0. The smallest absolute Gasteiger partial charge is 0.0991 e. The highest BCUT2D eigenvalue weighted by atomic mass is 16.5. The number of nitrogens with zero attached hydrogens (tertiary/aromatic N) is 2. The Hall–Kier alpha value is -1.37. The van der Waals surface area contributed by atoms with Crippen LogP contribution in [0.5, 0.6) is 0 Å². The third kappa shape index (κ3) is 4.34. The highest BCUT2D eigenvalue weighted by Gasteiger charge is 2.20. The van der Waals surface area contributed by atoms with Gasteiger partial charge in [-0.05, 0) is 43.5 Å². The molecule has 1 heterocycles. The summed E-state index contributed by atoms with van der Waals surface area (Å²) < 4.78 is 5.85. The lowest BCUT2D eigenvalue weighted by atomic mass is 10.1. The van der Waals surface area contributed by atoms with Gasteiger partial charge in [0.15, 0.2) is 0 Å². The molecule has 2 rings (SSSR count). The molecule has 0 radical (unpaired) electrons. The van der Waals surface area contributed by atoms with E-state index in [1.54, 1.807) is 0 Å². The van der Waals surface area contributed by atoms with Crippen molar-refractivity contribution < 1.29 is 4.74 Å². The van der Waals surface area contributed by atoms with Gasteiger partial charge in [0.1, 0.15) is 0 Å². The number of benzene rings is 1. The highest BCUT2D eigenvalue weighted by Crippen LogP contribution is 2.16. The molecule has 0 aliphatic carbocycles. The van der Waals surface area contributed by atoms with Crippen LogP contribution in [0.2, 0.25) is 0 Å². The molecule has 1 atom stereocenters. The Morgan fingerprint density at radius 2 is 2.16 bits per heavy atom. The summed E-state index contributed by atoms with van der Waals surface area (Å²) in [6.07, 6.45) is 3.88. The van der Waals surface area contributed by atoms with Crippen LogP contribution in [0.1, 0.15) is 37.3 Å². The largest absolute Gasteiger partial charge is 0.377 e. The molecule has 0 aromatic heterocycles. The van der Waals surface area contributed by atoms with E-state index < -0.39 is 0 Å². The zero-order chi connectivity index (χ0) is 13.5. The molecule has 1 aromatic rings. The summed E-state index contributed by atoms with van der Waals surface area (Å²) in [4.78, 5) is 2.45. The Labute approximate surface area is 115 Å². The second kappa shape index (κ2) is 7.28. The molecule has 1 aromatic carbocycles. The molecule has 0 amide bonds. The number of rotatable bonds is 5. The second-order valence-electron chi connectivity index (χ2n) is 5.18. The topological polar surface area (TPSA) is 36.3 Å². The molecule has 3 heteroatoms. The summed E-state index contributed by atoms with van der Waals surface area (Å²) >= 11 is 0. The summed E-state index contributed by atoms with van der Waals surface area (Å²) in [5.41, 5.74) is 2.00. The van der Waals surface area contributed by atoms with Crippen LogP contribution in [0.4, 0.5) is 0 Å². The first kappa shape index (κ1) is 14.0. The number of piperidine rings is 1. The summed E-state index contributed by atoms with van der Waals surface area (Å²) in [5.74, 6) is 0. The van der Waals surface area contributed by atoms with E-state index in [1.807, 2.05) is 12.1 Å². The van der Waals surface area contributed by atoms with Crippen LogP contribution >= 0.6 is 0 Å². The maximum atomic E-state index is 8.79. The average Bonchev–Trinajstić information content (AvgIpc) is 2.46. The van der Waals surface area contributed by atoms with Gasteiger partial charge in [-0.3, -0.25) is 4.90 Å². The standard InChI is InChI=1S/C16H22N2O/c1-2-10-19-16-4-3-9-18(13-16)12-15-7-5-14(11-17)6-8-15/h5-8,16H,2-4,9-10,12-13H2,1H3. The first-order valence-corrected chi connectivity index (χ1v) is 7.15. The van der Waals surface area contributed by atoms with Gasteiger partial charge < -0.3 is 4.74 Å². The first-order chi connectivity index (χ1) is 9.31. The van der Waals surface area contributed by atoms with Crippen molar-refractivity contribution in [2.24, 2.45) is 0 Å². The van der Waals surface area contributed by atoms with Crippen molar-refractivity contribution in [3.8, 4) is 6.07 Å². The van der Waals surface area contributed by atoms with Crippen LogP contribution in [0.15, 0.2) is 24.3 Å². The number of ether oxygens (including phenoxy) is 1. The normalized spacial score (nSPS) is 20.1. The van der Waals surface area contributed by atoms with E-state index in [9.17, 15) is 0 Å². The van der Waals surface area contributed by atoms with Crippen LogP contribution in [-0.4, -0.2) is 30.7 Å². The maximum Gasteiger partial charge on any atom is 0.0991 e. The fourth-order valence-electron chi connectivity index (χ4n) is 2.52. The monoisotopic (exact) mass is 258 g/mol. The van der Waals surface area contributed by atoms with Crippen LogP contribution in [0.25, 0.3) is 0 Å². The van der Waals surface area contributed by atoms with Crippen molar-refractivity contribution in [2.45, 2.75) is 38.8 Å². The van der Waals surface area contributed by atoms with Gasteiger partial charge in [0.25, 0.3) is 0 Å². The molecule has 3 nitrogen and oxygen atoms in total. The summed E-state index contributed by atoms with van der Waals surface area (Å²) in [6, 6.07) is 10.0. The maximum absolute atomic E-state index is 8.79. The lowest BCUT2D eigenvalue weighted by Gasteiger charge is -2.32. The molecule has 0 N–H and O–H groups in total. The van der Waals surface area contributed by atoms with Gasteiger partial charge in [0.2, 0.25) is 0 Å². The molecule has 0 spiro atoms. The Kier molecular flexibility index (Phi) is 5.38. The third-order valence-electron chi connectivity index (χ3n) is 3.51. The lowest BCUT2D eigenvalue weighted by molar-refractivity contribution is -0.00222. The minimum Gasteiger partial charge on any atom is -0.377 e.